The molecule has 4 heteroatoms. The van der Waals surface area contributed by atoms with Crippen molar-refractivity contribution in [3.05, 3.63) is 35.9 Å². The Morgan fingerprint density at radius 1 is 1.33 bits per heavy atom. The molecule has 0 spiro atoms. The maximum Gasteiger partial charge on any atom is 0.336 e. The first-order valence-electron chi connectivity index (χ1n) is 5.70. The summed E-state index contributed by atoms with van der Waals surface area (Å²) < 4.78 is 15.5. The summed E-state index contributed by atoms with van der Waals surface area (Å²) in [6, 6.07) is 5.57. The summed E-state index contributed by atoms with van der Waals surface area (Å²) in [6.45, 7) is 7.73. The van der Waals surface area contributed by atoms with E-state index in [-0.39, 0.29) is 12.2 Å². The van der Waals surface area contributed by atoms with Crippen LogP contribution in [-0.4, -0.2) is 26.3 Å². The summed E-state index contributed by atoms with van der Waals surface area (Å²) in [5.74, 6) is 0.767. The molecular weight excluding hydrogens is 232 g/mol. The van der Waals surface area contributed by atoms with Gasteiger partial charge in [-0.2, -0.15) is 0 Å². The van der Waals surface area contributed by atoms with Crippen LogP contribution in [0.1, 0.15) is 12.5 Å². The summed E-state index contributed by atoms with van der Waals surface area (Å²) in [4.78, 5) is 11.3. The number of carbonyl (C=O) groups is 1. The molecule has 0 saturated carbocycles. The molecule has 0 aromatic heterocycles. The van der Waals surface area contributed by atoms with Crippen molar-refractivity contribution >= 4 is 5.97 Å². The zero-order chi connectivity index (χ0) is 13.5. The largest absolute Gasteiger partial charge is 0.493 e. The minimum absolute atomic E-state index is 0.0816. The first kappa shape index (κ1) is 14.1. The van der Waals surface area contributed by atoms with Crippen molar-refractivity contribution in [2.75, 3.05) is 20.3 Å². The lowest BCUT2D eigenvalue weighted by Gasteiger charge is -2.12. The number of hydrogen-bond acceptors (Lipinski definition) is 4. The van der Waals surface area contributed by atoms with E-state index in [0.29, 0.717) is 18.1 Å². The van der Waals surface area contributed by atoms with Gasteiger partial charge in [-0.3, -0.25) is 0 Å². The van der Waals surface area contributed by atoms with E-state index in [1.54, 1.807) is 20.1 Å². The number of methoxy groups -OCH3 is 1. The van der Waals surface area contributed by atoms with Crippen LogP contribution in [0, 0.1) is 6.92 Å². The molecule has 18 heavy (non-hydrogen) atoms. The second-order valence-electron chi connectivity index (χ2n) is 3.77. The maximum atomic E-state index is 11.3. The zero-order valence-electron chi connectivity index (χ0n) is 11.0. The SMILES string of the molecule is C=C(COc1ccc(C)cc1OC)C(=O)OCC. The van der Waals surface area contributed by atoms with E-state index >= 15 is 0 Å². The van der Waals surface area contributed by atoms with E-state index < -0.39 is 5.97 Å². The summed E-state index contributed by atoms with van der Waals surface area (Å²) in [5, 5.41) is 0. The van der Waals surface area contributed by atoms with Gasteiger partial charge in [-0.05, 0) is 31.5 Å². The second kappa shape index (κ2) is 6.69. The van der Waals surface area contributed by atoms with Crippen LogP contribution in [0.4, 0.5) is 0 Å². The van der Waals surface area contributed by atoms with Gasteiger partial charge in [0.05, 0.1) is 19.3 Å². The fourth-order valence-corrected chi connectivity index (χ4v) is 1.35. The summed E-state index contributed by atoms with van der Waals surface area (Å²) in [7, 11) is 1.57. The molecule has 0 aliphatic rings. The topological polar surface area (TPSA) is 44.8 Å². The number of benzene rings is 1. The Hall–Kier alpha value is -1.97. The van der Waals surface area contributed by atoms with Crippen molar-refractivity contribution in [1.82, 2.24) is 0 Å². The van der Waals surface area contributed by atoms with Gasteiger partial charge in [0.25, 0.3) is 0 Å². The van der Waals surface area contributed by atoms with Crippen LogP contribution in [-0.2, 0) is 9.53 Å². The van der Waals surface area contributed by atoms with Gasteiger partial charge in [0.2, 0.25) is 0 Å². The molecule has 98 valence electrons. The predicted octanol–water partition coefficient (Wildman–Crippen LogP) is 2.50. The average Bonchev–Trinajstić information content (AvgIpc) is 2.37. The number of carbonyl (C=O) groups excluding carboxylic acids is 1. The molecule has 1 aromatic rings. The highest BCUT2D eigenvalue weighted by Gasteiger charge is 2.10. The Balaban J connectivity index is 2.63. The fraction of sp³-hybridized carbons (Fsp3) is 0.357. The first-order chi connectivity index (χ1) is 8.58. The van der Waals surface area contributed by atoms with Gasteiger partial charge in [0, 0.05) is 0 Å². The summed E-state index contributed by atoms with van der Waals surface area (Å²) >= 11 is 0. The van der Waals surface area contributed by atoms with Gasteiger partial charge in [-0.1, -0.05) is 12.6 Å². The van der Waals surface area contributed by atoms with E-state index in [4.69, 9.17) is 14.2 Å². The Morgan fingerprint density at radius 3 is 2.67 bits per heavy atom. The van der Waals surface area contributed by atoms with Crippen molar-refractivity contribution < 1.29 is 19.0 Å². The summed E-state index contributed by atoms with van der Waals surface area (Å²) in [5.41, 5.74) is 1.35. The third kappa shape index (κ3) is 3.80. The highest BCUT2D eigenvalue weighted by atomic mass is 16.5. The molecule has 0 amide bonds. The maximum absolute atomic E-state index is 11.3. The lowest BCUT2D eigenvalue weighted by Crippen LogP contribution is -2.13. The number of ether oxygens (including phenoxy) is 3. The van der Waals surface area contributed by atoms with Gasteiger partial charge in [0.1, 0.15) is 6.61 Å². The van der Waals surface area contributed by atoms with Gasteiger partial charge >= 0.3 is 5.97 Å². The van der Waals surface area contributed by atoms with E-state index in [1.807, 2.05) is 19.1 Å². The van der Waals surface area contributed by atoms with Crippen molar-refractivity contribution in [1.29, 1.82) is 0 Å². The molecule has 0 N–H and O–H groups in total. The molecule has 1 rings (SSSR count). The molecule has 4 nitrogen and oxygen atoms in total. The van der Waals surface area contributed by atoms with Gasteiger partial charge in [0.15, 0.2) is 11.5 Å². The van der Waals surface area contributed by atoms with E-state index in [9.17, 15) is 4.79 Å². The number of hydrogen-bond donors (Lipinski definition) is 0. The molecule has 0 unspecified atom stereocenters. The average molecular weight is 250 g/mol. The van der Waals surface area contributed by atoms with Crippen molar-refractivity contribution in [2.24, 2.45) is 0 Å². The van der Waals surface area contributed by atoms with Crippen LogP contribution >= 0.6 is 0 Å². The molecule has 0 fully saturated rings. The van der Waals surface area contributed by atoms with Gasteiger partial charge < -0.3 is 14.2 Å². The predicted molar refractivity (Wildman–Crippen MR) is 69.0 cm³/mol. The second-order valence-corrected chi connectivity index (χ2v) is 3.77. The van der Waals surface area contributed by atoms with Crippen LogP contribution in [0.25, 0.3) is 0 Å². The lowest BCUT2D eigenvalue weighted by molar-refractivity contribution is -0.138. The van der Waals surface area contributed by atoms with E-state index in [2.05, 4.69) is 6.58 Å². The Labute approximate surface area is 107 Å². The highest BCUT2D eigenvalue weighted by molar-refractivity contribution is 5.88. The molecular formula is C14H18O4. The fourth-order valence-electron chi connectivity index (χ4n) is 1.35. The van der Waals surface area contributed by atoms with Crippen LogP contribution in [0.2, 0.25) is 0 Å². The van der Waals surface area contributed by atoms with Crippen LogP contribution in [0.3, 0.4) is 0 Å². The van der Waals surface area contributed by atoms with Crippen LogP contribution in [0.15, 0.2) is 30.4 Å². The number of aryl methyl sites for hydroxylation is 1. The molecule has 0 aliphatic carbocycles. The van der Waals surface area contributed by atoms with E-state index in [1.165, 1.54) is 0 Å². The third-order valence-corrected chi connectivity index (χ3v) is 2.29. The smallest absolute Gasteiger partial charge is 0.336 e. The standard InChI is InChI=1S/C14H18O4/c1-5-17-14(15)11(3)9-18-12-7-6-10(2)8-13(12)16-4/h6-8H,3,5,9H2,1-2,4H3. The Kier molecular flexibility index (Phi) is 5.24. The molecule has 0 atom stereocenters. The Bertz CT molecular complexity index is 437. The van der Waals surface area contributed by atoms with Crippen molar-refractivity contribution in [3.8, 4) is 11.5 Å². The number of rotatable bonds is 6. The molecule has 1 aromatic carbocycles. The van der Waals surface area contributed by atoms with Crippen molar-refractivity contribution in [3.63, 3.8) is 0 Å². The minimum atomic E-state index is -0.441. The third-order valence-electron chi connectivity index (χ3n) is 2.29. The quantitative estimate of drug-likeness (QED) is 0.575. The Morgan fingerprint density at radius 2 is 2.06 bits per heavy atom. The normalized spacial score (nSPS) is 9.72. The van der Waals surface area contributed by atoms with Gasteiger partial charge in [-0.15, -0.1) is 0 Å². The van der Waals surface area contributed by atoms with Gasteiger partial charge in [-0.25, -0.2) is 4.79 Å². The molecule has 0 aliphatic heterocycles. The highest BCUT2D eigenvalue weighted by Crippen LogP contribution is 2.28. The van der Waals surface area contributed by atoms with Crippen molar-refractivity contribution in [2.45, 2.75) is 13.8 Å². The molecule has 0 saturated heterocycles. The summed E-state index contributed by atoms with van der Waals surface area (Å²) in [6.07, 6.45) is 0. The van der Waals surface area contributed by atoms with E-state index in [0.717, 1.165) is 5.56 Å². The monoisotopic (exact) mass is 250 g/mol. The molecule has 0 radical (unpaired) electrons. The lowest BCUT2D eigenvalue weighted by atomic mass is 10.2. The molecule has 0 heterocycles. The van der Waals surface area contributed by atoms with Crippen LogP contribution in [0.5, 0.6) is 11.5 Å². The first-order valence-corrected chi connectivity index (χ1v) is 5.70. The number of esters is 1. The zero-order valence-corrected chi connectivity index (χ0v) is 11.0. The van der Waals surface area contributed by atoms with Crippen LogP contribution < -0.4 is 9.47 Å². The molecule has 0 bridgehead atoms. The minimum Gasteiger partial charge on any atom is -0.493 e.